The van der Waals surface area contributed by atoms with Gasteiger partial charge in [0.15, 0.2) is 11.9 Å². The molecule has 374 valence electrons. The van der Waals surface area contributed by atoms with Gasteiger partial charge in [-0.2, -0.15) is 0 Å². The number of carbonyl (C=O) groups is 3. The highest BCUT2D eigenvalue weighted by Gasteiger charge is 2.42. The molecule has 13 heteroatoms. The maximum atomic E-state index is 14.6. The third-order valence-corrected chi connectivity index (χ3v) is 15.9. The molecule has 0 bridgehead atoms. The molecule has 2 N–H and O–H groups in total. The molecule has 0 saturated carbocycles. The third kappa shape index (κ3) is 15.6. The van der Waals surface area contributed by atoms with Crippen LogP contribution in [-0.4, -0.2) is 34.8 Å². The summed E-state index contributed by atoms with van der Waals surface area (Å²) in [7, 11) is 0. The number of halogens is 4. The Labute approximate surface area is 436 Å². The zero-order chi connectivity index (χ0) is 50.3. The smallest absolute Gasteiger partial charge is 0.267 e. The maximum Gasteiger partial charge on any atom is 0.267 e. The quantitative estimate of drug-likeness (QED) is 0.0577. The highest BCUT2D eigenvalue weighted by Crippen LogP contribution is 2.42. The van der Waals surface area contributed by atoms with Crippen molar-refractivity contribution in [3.8, 4) is 5.75 Å². The number of unbranched alkanes of at least 4 members (excludes halogenated alkanes) is 10. The van der Waals surface area contributed by atoms with E-state index in [2.05, 4.69) is 71.3 Å². The number of aliphatic imine (C=N–C) groups is 1. The van der Waals surface area contributed by atoms with Gasteiger partial charge in [0, 0.05) is 34.0 Å². The number of amidine groups is 1. The molecule has 4 aromatic carbocycles. The molecule has 8 nitrogen and oxygen atoms in total. The van der Waals surface area contributed by atoms with Gasteiger partial charge in [-0.3, -0.25) is 19.8 Å². The Kier molecular flexibility index (Phi) is 21.7. The number of hydrogen-bond donors (Lipinski definition) is 2. The predicted octanol–water partition coefficient (Wildman–Crippen LogP) is 17.0. The second-order valence-electron chi connectivity index (χ2n) is 19.4. The van der Waals surface area contributed by atoms with Crippen LogP contribution < -0.4 is 20.5 Å². The molecular weight excluding hydrogens is 967 g/mol. The van der Waals surface area contributed by atoms with Gasteiger partial charge in [0.25, 0.3) is 5.91 Å². The van der Waals surface area contributed by atoms with Gasteiger partial charge in [0.2, 0.25) is 5.91 Å². The van der Waals surface area contributed by atoms with Gasteiger partial charge in [-0.05, 0) is 90.1 Å². The number of amides is 2. The van der Waals surface area contributed by atoms with E-state index in [4.69, 9.17) is 56.1 Å². The first-order valence-corrected chi connectivity index (χ1v) is 27.3. The number of Topliss-reactive ketones (excluding diaryl/α,β-unsaturated/α-hetero) is 1. The van der Waals surface area contributed by atoms with E-state index in [1.165, 1.54) is 85.8 Å². The molecule has 4 aromatic rings. The van der Waals surface area contributed by atoms with E-state index in [0.717, 1.165) is 49.0 Å². The minimum absolute atomic E-state index is 0.0108. The second-order valence-corrected chi connectivity index (χ2v) is 22.3. The van der Waals surface area contributed by atoms with E-state index in [1.54, 1.807) is 18.2 Å². The molecule has 69 heavy (non-hydrogen) atoms. The molecule has 0 radical (unpaired) electrons. The van der Waals surface area contributed by atoms with E-state index in [1.807, 2.05) is 37.3 Å². The van der Waals surface area contributed by atoms with E-state index in [9.17, 15) is 14.4 Å². The van der Waals surface area contributed by atoms with Gasteiger partial charge >= 0.3 is 0 Å². The zero-order valence-corrected chi connectivity index (χ0v) is 45.7. The summed E-state index contributed by atoms with van der Waals surface area (Å²) in [5, 5.41) is 4.25. The molecule has 1 aliphatic heterocycles. The largest absolute Gasteiger partial charge is 0.482 e. The average Bonchev–Trinajstić information content (AvgIpc) is 3.60. The van der Waals surface area contributed by atoms with Crippen LogP contribution in [0.2, 0.25) is 20.1 Å². The van der Waals surface area contributed by atoms with Crippen molar-refractivity contribution in [3.63, 3.8) is 0 Å². The molecule has 2 amide bonds. The van der Waals surface area contributed by atoms with Crippen LogP contribution in [-0.2, 0) is 31.6 Å². The number of ketones is 1. The first-order chi connectivity index (χ1) is 32.9. The average molecular weight is 1040 g/mol. The number of hydrogen-bond acceptors (Lipinski definition) is 6. The van der Waals surface area contributed by atoms with E-state index < -0.39 is 17.3 Å². The topological polar surface area (TPSA) is 100 Å². The Morgan fingerprint density at radius 1 is 0.768 bits per heavy atom. The van der Waals surface area contributed by atoms with Crippen LogP contribution >= 0.6 is 58.2 Å². The first kappa shape index (κ1) is 56.2. The lowest BCUT2D eigenvalue weighted by Crippen LogP contribution is -2.36. The van der Waals surface area contributed by atoms with E-state index in [0.29, 0.717) is 39.2 Å². The van der Waals surface area contributed by atoms with Crippen LogP contribution in [0, 0.1) is 0 Å². The fourth-order valence-electron chi connectivity index (χ4n) is 8.25. The molecular formula is C56H72Cl4N4O4S. The Morgan fingerprint density at radius 2 is 1.39 bits per heavy atom. The molecule has 2 unspecified atom stereocenters. The van der Waals surface area contributed by atoms with Crippen LogP contribution in [0.5, 0.6) is 5.75 Å². The van der Waals surface area contributed by atoms with E-state index in [-0.39, 0.29) is 50.5 Å². The number of hydrazine groups is 1. The van der Waals surface area contributed by atoms with Crippen molar-refractivity contribution >= 4 is 98.7 Å². The summed E-state index contributed by atoms with van der Waals surface area (Å²) in [6.07, 6.45) is 15.4. The number of anilines is 2. The number of ether oxygens (including phenoxy) is 1. The lowest BCUT2D eigenvalue weighted by Gasteiger charge is -2.31. The van der Waals surface area contributed by atoms with Crippen molar-refractivity contribution in [1.82, 2.24) is 5.43 Å². The standard InChI is InChI=1S/C56H72Cl4N4O4S/c1-9-13-14-15-16-17-18-19-20-21-22-27-50(66)61-40-29-30-42(58)45(36-40)62-53-52(54(67)64(63-53)51-43(59)34-39(57)35-44(51)60)69-49-26-24-23-25-37(49)32-46(65)47(10-2)68-48-31-28-38(55(5,6)11-3)33-41(48)56(7,8)12-4/h23-26,28-31,33-36,47,52H,9-22,27,32H2,1-8H3,(H,61,66)(H,62,63). The van der Waals surface area contributed by atoms with Gasteiger partial charge in [0.1, 0.15) is 22.5 Å². The summed E-state index contributed by atoms with van der Waals surface area (Å²) in [5.74, 6) is 0.386. The Hall–Kier alpha value is -3.73. The fraction of sp³-hybridized carbons (Fsp3) is 0.500. The number of nitrogens with one attached hydrogen (secondary N) is 2. The van der Waals surface area contributed by atoms with Gasteiger partial charge in [0.05, 0.1) is 20.8 Å². The Bertz CT molecular complexity index is 2400. The summed E-state index contributed by atoms with van der Waals surface area (Å²) in [6, 6.07) is 22.1. The number of thioether (sulfide) groups is 1. The number of benzene rings is 4. The summed E-state index contributed by atoms with van der Waals surface area (Å²) in [6.45, 7) is 17.5. The lowest BCUT2D eigenvalue weighted by atomic mass is 9.76. The van der Waals surface area contributed by atoms with Crippen molar-refractivity contribution in [1.29, 1.82) is 0 Å². The van der Waals surface area contributed by atoms with Gasteiger partial charge in [-0.25, -0.2) is 10.0 Å². The fourth-order valence-corrected chi connectivity index (χ4v) is 10.5. The van der Waals surface area contributed by atoms with E-state index >= 15 is 0 Å². The number of rotatable bonds is 27. The minimum atomic E-state index is -0.956. The lowest BCUT2D eigenvalue weighted by molar-refractivity contribution is -0.125. The molecule has 1 fully saturated rings. The van der Waals surface area contributed by atoms with Crippen molar-refractivity contribution < 1.29 is 19.1 Å². The van der Waals surface area contributed by atoms with Crippen LogP contribution in [0.3, 0.4) is 0 Å². The first-order valence-electron chi connectivity index (χ1n) is 24.9. The highest BCUT2D eigenvalue weighted by molar-refractivity contribution is 8.01. The summed E-state index contributed by atoms with van der Waals surface area (Å²) >= 11 is 27.7. The maximum absolute atomic E-state index is 14.6. The normalized spacial score (nSPS) is 15.1. The van der Waals surface area contributed by atoms with Crippen molar-refractivity contribution in [2.45, 2.75) is 185 Å². The molecule has 0 aliphatic carbocycles. The zero-order valence-electron chi connectivity index (χ0n) is 41.8. The van der Waals surface area contributed by atoms with Gasteiger partial charge in [-0.15, -0.1) is 11.8 Å². The summed E-state index contributed by atoms with van der Waals surface area (Å²) in [5.41, 5.74) is 7.10. The number of carbonyl (C=O) groups excluding carboxylic acids is 3. The van der Waals surface area contributed by atoms with Crippen LogP contribution in [0.15, 0.2) is 82.7 Å². The van der Waals surface area contributed by atoms with Crippen LogP contribution in [0.4, 0.5) is 17.1 Å². The molecule has 1 heterocycles. The summed E-state index contributed by atoms with van der Waals surface area (Å²) < 4.78 is 6.66. The third-order valence-electron chi connectivity index (χ3n) is 13.4. The van der Waals surface area contributed by atoms with Crippen LogP contribution in [0.25, 0.3) is 0 Å². The minimum Gasteiger partial charge on any atom is -0.482 e. The molecule has 5 rings (SSSR count). The summed E-state index contributed by atoms with van der Waals surface area (Å²) in [4.78, 5) is 47.6. The monoisotopic (exact) mass is 1040 g/mol. The van der Waals surface area contributed by atoms with Gasteiger partial charge in [-0.1, -0.05) is 196 Å². The van der Waals surface area contributed by atoms with Crippen molar-refractivity contribution in [2.24, 2.45) is 4.99 Å². The SMILES string of the molecule is CCCCCCCCCCCCCC(=O)Nc1ccc(Cl)c(N=C2NN(c3c(Cl)cc(Cl)cc3Cl)C(=O)C2Sc2ccccc2CC(=O)C(CC)Oc2ccc(C(C)(C)CC)cc2C(C)(C)CC)c1. The highest BCUT2D eigenvalue weighted by atomic mass is 35.5. The second kappa shape index (κ2) is 26.6. The molecule has 0 spiro atoms. The van der Waals surface area contributed by atoms with Crippen molar-refractivity contribution in [2.75, 3.05) is 10.3 Å². The Morgan fingerprint density at radius 3 is 2.01 bits per heavy atom. The predicted molar refractivity (Wildman–Crippen MR) is 293 cm³/mol. The molecule has 1 saturated heterocycles. The van der Waals surface area contributed by atoms with Crippen molar-refractivity contribution in [3.05, 3.63) is 110 Å². The van der Waals surface area contributed by atoms with Gasteiger partial charge < -0.3 is 10.1 Å². The molecule has 2 atom stereocenters. The van der Waals surface area contributed by atoms with Crippen LogP contribution in [0.1, 0.15) is 168 Å². The Balaban J connectivity index is 1.36. The number of nitrogens with zero attached hydrogens (tertiary/aromatic N) is 2. The molecule has 0 aromatic heterocycles. The molecule has 1 aliphatic rings.